The van der Waals surface area contributed by atoms with Crippen molar-refractivity contribution in [2.24, 2.45) is 0 Å². The van der Waals surface area contributed by atoms with Gasteiger partial charge in [-0.1, -0.05) is 0 Å². The molecule has 0 spiro atoms. The Morgan fingerprint density at radius 1 is 1.12 bits per heavy atom. The van der Waals surface area contributed by atoms with E-state index in [1.807, 2.05) is 0 Å². The van der Waals surface area contributed by atoms with Crippen LogP contribution in [0.4, 0.5) is 5.82 Å². The minimum atomic E-state index is -3.96. The summed E-state index contributed by atoms with van der Waals surface area (Å²) in [7, 11) is -3.96. The largest absolute Gasteiger partial charge is 0.408 e. The maximum absolute atomic E-state index is 14.3. The summed E-state index contributed by atoms with van der Waals surface area (Å²) >= 11 is 0. The molecule has 42 heavy (non-hydrogen) atoms. The van der Waals surface area contributed by atoms with Crippen LogP contribution in [0.2, 0.25) is 0 Å². The van der Waals surface area contributed by atoms with E-state index < -0.39 is 62.5 Å². The number of anilines is 1. The van der Waals surface area contributed by atoms with Gasteiger partial charge in [0.25, 0.3) is 5.56 Å². The van der Waals surface area contributed by atoms with Gasteiger partial charge in [-0.2, -0.15) is 0 Å². The summed E-state index contributed by atoms with van der Waals surface area (Å²) in [6, 6.07) is 0. The van der Waals surface area contributed by atoms with Crippen LogP contribution < -0.4 is 17.0 Å². The van der Waals surface area contributed by atoms with Gasteiger partial charge in [0.1, 0.15) is 42.6 Å². The third kappa shape index (κ3) is 5.42. The first-order valence-corrected chi connectivity index (χ1v) is 15.2. The quantitative estimate of drug-likeness (QED) is 0.231. The van der Waals surface area contributed by atoms with Crippen molar-refractivity contribution < 1.29 is 33.3 Å². The number of hydrogen-bond donors (Lipinski definition) is 4. The Bertz CT molecular complexity index is 1600. The summed E-state index contributed by atoms with van der Waals surface area (Å²) in [4.78, 5) is 38.8. The number of imidazole rings is 1. The first-order valence-electron chi connectivity index (χ1n) is 13.7. The van der Waals surface area contributed by atoms with Gasteiger partial charge in [0.15, 0.2) is 11.5 Å². The second-order valence-electron chi connectivity index (χ2n) is 10.6. The zero-order chi connectivity index (χ0) is 29.6. The lowest BCUT2D eigenvalue weighted by Crippen LogP contribution is -2.34. The Labute approximate surface area is 238 Å². The second-order valence-corrected chi connectivity index (χ2v) is 12.6. The molecule has 6 rings (SSSR count). The van der Waals surface area contributed by atoms with E-state index in [-0.39, 0.29) is 25.3 Å². The molecule has 228 valence electrons. The number of nitrogens with one attached hydrogen (secondary N) is 1. The van der Waals surface area contributed by atoms with Gasteiger partial charge < -0.3 is 25.4 Å². The molecule has 0 saturated carbocycles. The first-order chi connectivity index (χ1) is 20.2. The average molecular weight is 609 g/mol. The van der Waals surface area contributed by atoms with Crippen LogP contribution in [0, 0.1) is 6.92 Å². The topological polar surface area (TPSA) is 222 Å². The van der Waals surface area contributed by atoms with Crippen LogP contribution in [-0.4, -0.2) is 94.7 Å². The molecule has 5 N–H and O–H groups in total. The Morgan fingerprint density at radius 3 is 2.62 bits per heavy atom. The maximum Gasteiger partial charge on any atom is 0.408 e. The van der Waals surface area contributed by atoms with Crippen molar-refractivity contribution in [2.45, 2.75) is 69.5 Å². The molecule has 0 aromatic carbocycles. The fourth-order valence-corrected chi connectivity index (χ4v) is 7.56. The van der Waals surface area contributed by atoms with Gasteiger partial charge >= 0.3 is 13.4 Å². The van der Waals surface area contributed by atoms with Crippen molar-refractivity contribution in [3.8, 4) is 0 Å². The summed E-state index contributed by atoms with van der Waals surface area (Å²) in [5.41, 5.74) is 5.91. The molecule has 3 aliphatic heterocycles. The molecular weight excluding hydrogens is 575 g/mol. The van der Waals surface area contributed by atoms with E-state index in [1.54, 1.807) is 16.2 Å². The predicted molar refractivity (Wildman–Crippen MR) is 145 cm³/mol. The van der Waals surface area contributed by atoms with Crippen molar-refractivity contribution in [2.75, 3.05) is 32.0 Å². The lowest BCUT2D eigenvalue weighted by molar-refractivity contribution is -0.0547. The van der Waals surface area contributed by atoms with E-state index >= 15 is 0 Å². The summed E-state index contributed by atoms with van der Waals surface area (Å²) in [6.45, 7) is 1.82. The average Bonchev–Trinajstić information content (AvgIpc) is 3.76. The smallest absolute Gasteiger partial charge is 0.394 e. The number of hydrogen-bond acceptors (Lipinski definition) is 13. The number of fused-ring (bicyclic) bond motifs is 1. The van der Waals surface area contributed by atoms with Gasteiger partial charge in [0.2, 0.25) is 0 Å². The third-order valence-electron chi connectivity index (χ3n) is 7.82. The van der Waals surface area contributed by atoms with Crippen LogP contribution in [0.15, 0.2) is 28.4 Å². The fourth-order valence-electron chi connectivity index (χ4n) is 5.53. The minimum Gasteiger partial charge on any atom is -0.394 e. The van der Waals surface area contributed by atoms with Crippen molar-refractivity contribution in [1.82, 2.24) is 33.7 Å². The molecule has 0 aliphatic carbocycles. The van der Waals surface area contributed by atoms with Crippen molar-refractivity contribution in [3.05, 3.63) is 45.3 Å². The molecule has 0 radical (unpaired) electrons. The molecule has 7 atom stereocenters. The zero-order valence-electron chi connectivity index (χ0n) is 22.8. The van der Waals surface area contributed by atoms with Gasteiger partial charge in [0.05, 0.1) is 25.6 Å². The second kappa shape index (κ2) is 11.6. The molecular formula is C24H33N8O9P. The Morgan fingerprint density at radius 2 is 1.86 bits per heavy atom. The standard InChI is InChI=1S/C24H33N8O9P/c1-13-8-31(24(36)29-23(13)35)18-6-14(34)17(40-18)10-38-42(37,30-4-2-3-5-30)41-15-7-19(39-16(15)9-33)32-12-28-20-21(25)26-11-27-22(20)32/h8,11-12,14-19,33-34H,2-7,9-10H2,1H3,(H2,25,26,27)(H,29,35,36)/t14-,15-,16-,17-,18-,19-,42?/m1/s1. The van der Waals surface area contributed by atoms with E-state index in [0.717, 1.165) is 12.8 Å². The van der Waals surface area contributed by atoms with Gasteiger partial charge in [-0.05, 0) is 19.8 Å². The van der Waals surface area contributed by atoms with Crippen LogP contribution >= 0.6 is 7.75 Å². The summed E-state index contributed by atoms with van der Waals surface area (Å²) in [6.07, 6.45) is 0.986. The highest BCUT2D eigenvalue weighted by Gasteiger charge is 2.46. The van der Waals surface area contributed by atoms with Gasteiger partial charge in [-0.3, -0.25) is 28.0 Å². The lowest BCUT2D eigenvalue weighted by Gasteiger charge is -2.31. The zero-order valence-corrected chi connectivity index (χ0v) is 23.7. The number of aryl methyl sites for hydroxylation is 1. The summed E-state index contributed by atoms with van der Waals surface area (Å²) < 4.78 is 42.8. The number of aromatic amines is 1. The number of aromatic nitrogens is 6. The normalized spacial score (nSPS) is 29.9. The minimum absolute atomic E-state index is 0.0615. The Balaban J connectivity index is 1.18. The van der Waals surface area contributed by atoms with Crippen LogP contribution in [0.25, 0.3) is 11.2 Å². The first kappa shape index (κ1) is 29.1. The highest BCUT2D eigenvalue weighted by molar-refractivity contribution is 7.51. The number of nitrogens with zero attached hydrogens (tertiary/aromatic N) is 6. The number of nitrogens with two attached hydrogens (primary N) is 1. The van der Waals surface area contributed by atoms with Crippen LogP contribution in [-0.2, 0) is 23.1 Å². The van der Waals surface area contributed by atoms with Gasteiger partial charge in [-0.25, -0.2) is 29.0 Å². The molecule has 6 heterocycles. The van der Waals surface area contributed by atoms with Crippen LogP contribution in [0.3, 0.4) is 0 Å². The monoisotopic (exact) mass is 608 g/mol. The SMILES string of the molecule is Cc1cn([C@H]2C[C@@H](O)[C@@H](COP(=O)(O[C@@H]3C[C@H](n4cnc5c(N)ncnc54)O[C@@H]3CO)N3CCCC3)O2)c(=O)[nH]c1=O. The fraction of sp³-hybridized carbons (Fsp3) is 0.625. The molecule has 3 aromatic heterocycles. The number of ether oxygens (including phenoxy) is 2. The summed E-state index contributed by atoms with van der Waals surface area (Å²) in [5, 5.41) is 20.8. The van der Waals surface area contributed by atoms with Crippen molar-refractivity contribution in [3.63, 3.8) is 0 Å². The molecule has 18 heteroatoms. The highest BCUT2D eigenvalue weighted by Crippen LogP contribution is 2.57. The number of aliphatic hydroxyl groups excluding tert-OH is 2. The summed E-state index contributed by atoms with van der Waals surface area (Å²) in [5.74, 6) is 0.217. The van der Waals surface area contributed by atoms with Crippen molar-refractivity contribution >= 4 is 24.7 Å². The molecule has 0 bridgehead atoms. The van der Waals surface area contributed by atoms with E-state index in [4.69, 9.17) is 24.3 Å². The van der Waals surface area contributed by atoms with E-state index in [1.165, 1.54) is 23.4 Å². The number of aliphatic hydroxyl groups is 2. The van der Waals surface area contributed by atoms with Gasteiger partial charge in [-0.15, -0.1) is 0 Å². The molecule has 3 saturated heterocycles. The molecule has 1 unspecified atom stereocenters. The third-order valence-corrected chi connectivity index (χ3v) is 9.92. The van der Waals surface area contributed by atoms with Crippen LogP contribution in [0.1, 0.15) is 43.7 Å². The van der Waals surface area contributed by atoms with Gasteiger partial charge in [0, 0.05) is 37.7 Å². The molecule has 0 amide bonds. The van der Waals surface area contributed by atoms with E-state index in [0.29, 0.717) is 29.8 Å². The molecule has 3 aromatic rings. The molecule has 17 nitrogen and oxygen atoms in total. The predicted octanol–water partition coefficient (Wildman–Crippen LogP) is -0.199. The Hall–Kier alpha value is -3.02. The number of rotatable bonds is 9. The number of nitrogen functional groups attached to an aromatic ring is 1. The molecule has 3 fully saturated rings. The number of H-pyrrole nitrogens is 1. The maximum atomic E-state index is 14.3. The Kier molecular flexibility index (Phi) is 8.01. The van der Waals surface area contributed by atoms with E-state index in [2.05, 4.69) is 19.9 Å². The van der Waals surface area contributed by atoms with E-state index in [9.17, 15) is 24.4 Å². The van der Waals surface area contributed by atoms with Crippen LogP contribution in [0.5, 0.6) is 0 Å². The molecule has 3 aliphatic rings. The lowest BCUT2D eigenvalue weighted by atomic mass is 10.2. The van der Waals surface area contributed by atoms with Crippen molar-refractivity contribution in [1.29, 1.82) is 0 Å². The highest BCUT2D eigenvalue weighted by atomic mass is 31.2.